The number of furan rings is 1. The van der Waals surface area contributed by atoms with Crippen LogP contribution in [0.5, 0.6) is 0 Å². The summed E-state index contributed by atoms with van der Waals surface area (Å²) in [6, 6.07) is 6.84. The van der Waals surface area contributed by atoms with Crippen molar-refractivity contribution in [1.29, 1.82) is 0 Å². The molecule has 0 aliphatic rings. The Kier molecular flexibility index (Phi) is 5.23. The summed E-state index contributed by atoms with van der Waals surface area (Å²) >= 11 is 0. The monoisotopic (exact) mass is 336 g/mol. The lowest BCUT2D eigenvalue weighted by Gasteiger charge is -2.10. The van der Waals surface area contributed by atoms with Crippen LogP contribution in [-0.4, -0.2) is 27.4 Å². The molecule has 124 valence electrons. The molecule has 0 bridgehead atoms. The summed E-state index contributed by atoms with van der Waals surface area (Å²) in [5.74, 6) is 0.237. The summed E-state index contributed by atoms with van der Waals surface area (Å²) in [6.45, 7) is 5.58. The van der Waals surface area contributed by atoms with E-state index in [1.807, 2.05) is 13.0 Å². The van der Waals surface area contributed by atoms with Gasteiger partial charge in [-0.25, -0.2) is 13.1 Å². The van der Waals surface area contributed by atoms with Gasteiger partial charge in [0.2, 0.25) is 10.0 Å². The molecule has 1 amide bonds. The molecule has 0 aliphatic heterocycles. The number of amides is 1. The Hall–Kier alpha value is -2.12. The zero-order valence-electron chi connectivity index (χ0n) is 13.3. The van der Waals surface area contributed by atoms with Gasteiger partial charge in [-0.2, -0.15) is 0 Å². The molecule has 0 aliphatic carbocycles. The van der Waals surface area contributed by atoms with Gasteiger partial charge in [-0.05, 0) is 44.0 Å². The minimum absolute atomic E-state index is 0.109. The topological polar surface area (TPSA) is 88.4 Å². The second-order valence-electron chi connectivity index (χ2n) is 5.31. The molecule has 2 aromatic rings. The van der Waals surface area contributed by atoms with Crippen molar-refractivity contribution < 1.29 is 17.6 Å². The number of aryl methyl sites for hydroxylation is 3. The first kappa shape index (κ1) is 17.2. The van der Waals surface area contributed by atoms with Gasteiger partial charge in [0.15, 0.2) is 0 Å². The standard InChI is InChI=1S/C16H20N2O4S/c1-11-4-5-12(2)15(10-11)23(20,21)18-8-7-17-16(19)14-6-9-22-13(14)3/h4-6,9-10,18H,7-8H2,1-3H3,(H,17,19). The zero-order chi connectivity index (χ0) is 17.0. The molecule has 0 spiro atoms. The van der Waals surface area contributed by atoms with Crippen LogP contribution in [0.4, 0.5) is 0 Å². The predicted molar refractivity (Wildman–Crippen MR) is 86.9 cm³/mol. The van der Waals surface area contributed by atoms with Crippen molar-refractivity contribution >= 4 is 15.9 Å². The highest BCUT2D eigenvalue weighted by Crippen LogP contribution is 2.16. The van der Waals surface area contributed by atoms with Gasteiger partial charge in [0, 0.05) is 13.1 Å². The fourth-order valence-corrected chi connectivity index (χ4v) is 3.51. The van der Waals surface area contributed by atoms with Gasteiger partial charge in [0.05, 0.1) is 16.7 Å². The van der Waals surface area contributed by atoms with E-state index < -0.39 is 10.0 Å². The van der Waals surface area contributed by atoms with Gasteiger partial charge in [-0.3, -0.25) is 4.79 Å². The Morgan fingerprint density at radius 2 is 1.87 bits per heavy atom. The number of carbonyl (C=O) groups excluding carboxylic acids is 1. The molecule has 2 N–H and O–H groups in total. The van der Waals surface area contributed by atoms with Crippen molar-refractivity contribution in [2.45, 2.75) is 25.7 Å². The van der Waals surface area contributed by atoms with Crippen molar-refractivity contribution in [1.82, 2.24) is 10.0 Å². The van der Waals surface area contributed by atoms with E-state index in [4.69, 9.17) is 4.42 Å². The van der Waals surface area contributed by atoms with Crippen LogP contribution in [0.3, 0.4) is 0 Å². The van der Waals surface area contributed by atoms with Gasteiger partial charge < -0.3 is 9.73 Å². The molecule has 0 atom stereocenters. The first-order valence-electron chi connectivity index (χ1n) is 7.20. The first-order chi connectivity index (χ1) is 10.8. The van der Waals surface area contributed by atoms with E-state index in [1.54, 1.807) is 32.0 Å². The summed E-state index contributed by atoms with van der Waals surface area (Å²) in [5.41, 5.74) is 2.00. The van der Waals surface area contributed by atoms with Crippen molar-refractivity contribution in [3.05, 3.63) is 53.0 Å². The van der Waals surface area contributed by atoms with Crippen LogP contribution >= 0.6 is 0 Å². The van der Waals surface area contributed by atoms with Crippen molar-refractivity contribution in [3.8, 4) is 0 Å². The largest absolute Gasteiger partial charge is 0.469 e. The zero-order valence-corrected chi connectivity index (χ0v) is 14.2. The van der Waals surface area contributed by atoms with Crippen LogP contribution in [-0.2, 0) is 10.0 Å². The fraction of sp³-hybridized carbons (Fsp3) is 0.312. The fourth-order valence-electron chi connectivity index (χ4n) is 2.15. The number of carbonyl (C=O) groups is 1. The van der Waals surface area contributed by atoms with Crippen molar-refractivity contribution in [2.24, 2.45) is 0 Å². The molecule has 2 rings (SSSR count). The lowest BCUT2D eigenvalue weighted by Crippen LogP contribution is -2.35. The van der Waals surface area contributed by atoms with Crippen LogP contribution in [0.25, 0.3) is 0 Å². The maximum atomic E-state index is 12.3. The Balaban J connectivity index is 1.92. The van der Waals surface area contributed by atoms with Crippen LogP contribution in [0, 0.1) is 20.8 Å². The highest BCUT2D eigenvalue weighted by atomic mass is 32.2. The van der Waals surface area contributed by atoms with Crippen LogP contribution < -0.4 is 10.0 Å². The van der Waals surface area contributed by atoms with Gasteiger partial charge in [0.1, 0.15) is 5.76 Å². The molecule has 0 radical (unpaired) electrons. The van der Waals surface area contributed by atoms with E-state index in [2.05, 4.69) is 10.0 Å². The molecular formula is C16H20N2O4S. The summed E-state index contributed by atoms with van der Waals surface area (Å²) in [6.07, 6.45) is 1.44. The van der Waals surface area contributed by atoms with Crippen LogP contribution in [0.15, 0.2) is 39.8 Å². The Morgan fingerprint density at radius 3 is 2.52 bits per heavy atom. The highest BCUT2D eigenvalue weighted by Gasteiger charge is 2.17. The summed E-state index contributed by atoms with van der Waals surface area (Å²) in [4.78, 5) is 12.1. The van der Waals surface area contributed by atoms with Gasteiger partial charge in [-0.1, -0.05) is 12.1 Å². The van der Waals surface area contributed by atoms with Crippen molar-refractivity contribution in [2.75, 3.05) is 13.1 Å². The van der Waals surface area contributed by atoms with Crippen LogP contribution in [0.2, 0.25) is 0 Å². The smallest absolute Gasteiger partial charge is 0.254 e. The third-order valence-corrected chi connectivity index (χ3v) is 5.04. The number of rotatable bonds is 6. The summed E-state index contributed by atoms with van der Waals surface area (Å²) < 4.78 is 32.1. The number of benzene rings is 1. The maximum absolute atomic E-state index is 12.3. The predicted octanol–water partition coefficient (Wildman–Crippen LogP) is 1.91. The highest BCUT2D eigenvalue weighted by molar-refractivity contribution is 7.89. The molecule has 23 heavy (non-hydrogen) atoms. The van der Waals surface area contributed by atoms with E-state index in [1.165, 1.54) is 6.26 Å². The molecule has 0 unspecified atom stereocenters. The second kappa shape index (κ2) is 6.97. The average molecular weight is 336 g/mol. The normalized spacial score (nSPS) is 11.4. The summed E-state index contributed by atoms with van der Waals surface area (Å²) in [5, 5.41) is 2.65. The Labute approximate surface area is 135 Å². The van der Waals surface area contributed by atoms with E-state index in [0.717, 1.165) is 5.56 Å². The molecular weight excluding hydrogens is 316 g/mol. The van der Waals surface area contributed by atoms with Crippen molar-refractivity contribution in [3.63, 3.8) is 0 Å². The summed E-state index contributed by atoms with van der Waals surface area (Å²) in [7, 11) is -3.59. The molecule has 0 saturated carbocycles. The third-order valence-electron chi connectivity index (χ3n) is 3.44. The Morgan fingerprint density at radius 1 is 1.13 bits per heavy atom. The molecule has 0 fully saturated rings. The third kappa shape index (κ3) is 4.20. The molecule has 6 nitrogen and oxygen atoms in total. The molecule has 1 aromatic heterocycles. The van der Waals surface area contributed by atoms with E-state index in [-0.39, 0.29) is 23.9 Å². The quantitative estimate of drug-likeness (QED) is 0.789. The maximum Gasteiger partial charge on any atom is 0.254 e. The van der Waals surface area contributed by atoms with E-state index >= 15 is 0 Å². The van der Waals surface area contributed by atoms with Gasteiger partial charge in [-0.15, -0.1) is 0 Å². The van der Waals surface area contributed by atoms with Gasteiger partial charge >= 0.3 is 0 Å². The second-order valence-corrected chi connectivity index (χ2v) is 7.05. The van der Waals surface area contributed by atoms with Crippen LogP contribution in [0.1, 0.15) is 27.2 Å². The van der Waals surface area contributed by atoms with Gasteiger partial charge in [0.25, 0.3) is 5.91 Å². The number of hydrogen-bond acceptors (Lipinski definition) is 4. The lowest BCUT2D eigenvalue weighted by molar-refractivity contribution is 0.0953. The van der Waals surface area contributed by atoms with E-state index in [9.17, 15) is 13.2 Å². The molecule has 1 heterocycles. The minimum atomic E-state index is -3.59. The Bertz CT molecular complexity index is 809. The number of hydrogen-bond donors (Lipinski definition) is 2. The van der Waals surface area contributed by atoms with E-state index in [0.29, 0.717) is 16.9 Å². The first-order valence-corrected chi connectivity index (χ1v) is 8.69. The average Bonchev–Trinajstić information content (AvgIpc) is 2.92. The molecule has 7 heteroatoms. The number of sulfonamides is 1. The minimum Gasteiger partial charge on any atom is -0.469 e. The molecule has 1 aromatic carbocycles. The SMILES string of the molecule is Cc1ccc(C)c(S(=O)(=O)NCCNC(=O)c2ccoc2C)c1. The number of nitrogens with one attached hydrogen (secondary N) is 2. The molecule has 0 saturated heterocycles. The lowest BCUT2D eigenvalue weighted by atomic mass is 10.2.